The van der Waals surface area contributed by atoms with E-state index in [0.29, 0.717) is 23.4 Å². The van der Waals surface area contributed by atoms with Crippen LogP contribution in [0.25, 0.3) is 0 Å². The normalized spacial score (nSPS) is 21.1. The highest BCUT2D eigenvalue weighted by atomic mass is 35.5. The largest absolute Gasteiger partial charge is 0.390 e. The van der Waals surface area contributed by atoms with Crippen LogP contribution < -0.4 is 5.32 Å². The minimum atomic E-state index is -0.648. The smallest absolute Gasteiger partial charge is 0.272 e. The van der Waals surface area contributed by atoms with Crippen molar-refractivity contribution in [2.75, 3.05) is 14.1 Å². The van der Waals surface area contributed by atoms with Gasteiger partial charge in [-0.1, -0.05) is 41.7 Å². The highest BCUT2D eigenvalue weighted by Crippen LogP contribution is 2.23. The average Bonchev–Trinajstić information content (AvgIpc) is 2.98. The number of aliphatic imine (C=N–C) groups is 1. The Bertz CT molecular complexity index is 820. The van der Waals surface area contributed by atoms with Crippen molar-refractivity contribution in [1.82, 2.24) is 15.1 Å². The van der Waals surface area contributed by atoms with Crippen LogP contribution in [0.2, 0.25) is 5.02 Å². The highest BCUT2D eigenvalue weighted by molar-refractivity contribution is 6.31. The molecule has 0 radical (unpaired) electrons. The van der Waals surface area contributed by atoms with E-state index in [-0.39, 0.29) is 18.0 Å². The van der Waals surface area contributed by atoms with Crippen molar-refractivity contribution in [1.29, 1.82) is 0 Å². The topological polar surface area (TPSA) is 68.0 Å². The van der Waals surface area contributed by atoms with Gasteiger partial charge >= 0.3 is 12.0 Å². The molecule has 1 N–H and O–H groups in total. The van der Waals surface area contributed by atoms with Gasteiger partial charge < -0.3 is 0 Å². The summed E-state index contributed by atoms with van der Waals surface area (Å²) in [5.74, 6) is 0.735. The first-order valence-corrected chi connectivity index (χ1v) is 9.00. The van der Waals surface area contributed by atoms with Crippen LogP contribution in [0.5, 0.6) is 0 Å². The molecule has 8 heteroatoms. The molecule has 3 amide bonds. The summed E-state index contributed by atoms with van der Waals surface area (Å²) in [6, 6.07) is 6.67. The number of rotatable bonds is 4. The second-order valence-electron chi connectivity index (χ2n) is 6.61. The minimum Gasteiger partial charge on any atom is -0.272 e. The lowest BCUT2D eigenvalue weighted by molar-refractivity contribution is -0.553. The van der Waals surface area contributed by atoms with Crippen molar-refractivity contribution >= 4 is 35.3 Å². The Hall–Kier alpha value is -2.41. The number of halogens is 1. The Morgan fingerprint density at radius 3 is 2.62 bits per heavy atom. The van der Waals surface area contributed by atoms with Gasteiger partial charge in [0.25, 0.3) is 5.91 Å². The fourth-order valence-electron chi connectivity index (χ4n) is 3.01. The Morgan fingerprint density at radius 2 is 1.96 bits per heavy atom. The third-order valence-electron chi connectivity index (χ3n) is 4.82. The lowest BCUT2D eigenvalue weighted by Gasteiger charge is -2.31. The molecule has 3 rings (SSSR count). The molecule has 2 aliphatic rings. The fraction of sp³-hybridized carbons (Fsp3) is 0.444. The zero-order chi connectivity index (χ0) is 19.0. The zero-order valence-electron chi connectivity index (χ0n) is 15.4. The monoisotopic (exact) mass is 376 g/mol. The van der Waals surface area contributed by atoms with E-state index in [2.05, 4.69) is 17.2 Å². The maximum Gasteiger partial charge on any atom is 0.390 e. The summed E-state index contributed by atoms with van der Waals surface area (Å²) < 4.78 is 1.88. The van der Waals surface area contributed by atoms with Crippen molar-refractivity contribution < 1.29 is 14.2 Å². The van der Waals surface area contributed by atoms with E-state index in [1.54, 1.807) is 7.05 Å². The number of carbonyl (C=O) groups is 2. The van der Waals surface area contributed by atoms with Crippen LogP contribution in [-0.2, 0) is 11.3 Å². The molecule has 2 atom stereocenters. The van der Waals surface area contributed by atoms with Gasteiger partial charge in [0.1, 0.15) is 0 Å². The number of likely N-dealkylation sites (N-methyl/N-ethyl adjacent to an activating group) is 2. The minimum absolute atomic E-state index is 0.178. The molecule has 0 spiro atoms. The molecule has 26 heavy (non-hydrogen) atoms. The first-order chi connectivity index (χ1) is 12.3. The fourth-order valence-corrected chi connectivity index (χ4v) is 3.21. The van der Waals surface area contributed by atoms with Gasteiger partial charge in [0.15, 0.2) is 0 Å². The molecule has 0 aromatic heterocycles. The standard InChI is InChI=1S/C18H22ClN5O2/c1-5-11(2)20-17-21-15-14(16(25)23(4)18(26)22(15)3)24(17)10-12-8-6-7-9-13(12)19/h6-9,11,14H,5,10H2,1-4H3/p+1. The zero-order valence-corrected chi connectivity index (χ0v) is 16.1. The van der Waals surface area contributed by atoms with Gasteiger partial charge in [0, 0.05) is 24.7 Å². The number of nitrogens with zero attached hydrogens (tertiary/aromatic N) is 4. The van der Waals surface area contributed by atoms with Crippen LogP contribution in [0.3, 0.4) is 0 Å². The Kier molecular flexibility index (Phi) is 5.00. The molecular weight excluding hydrogens is 354 g/mol. The van der Waals surface area contributed by atoms with Gasteiger partial charge in [-0.2, -0.15) is 0 Å². The SMILES string of the molecule is CCC(C)NC1=[N+](Cc2ccccc2Cl)C2C(=O)N(C)C(=O)N(C)C2=N1. The lowest BCUT2D eigenvalue weighted by atomic mass is 10.1. The molecule has 7 nitrogen and oxygen atoms in total. The van der Waals surface area contributed by atoms with Gasteiger partial charge in [-0.25, -0.2) is 9.37 Å². The first kappa shape index (κ1) is 18.4. The number of hydrogen-bond donors (Lipinski definition) is 1. The van der Waals surface area contributed by atoms with Crippen molar-refractivity contribution in [2.24, 2.45) is 4.99 Å². The Labute approximate surface area is 157 Å². The summed E-state index contributed by atoms with van der Waals surface area (Å²) in [5.41, 5.74) is 0.893. The van der Waals surface area contributed by atoms with Crippen LogP contribution >= 0.6 is 11.6 Å². The van der Waals surface area contributed by atoms with E-state index >= 15 is 0 Å². The molecule has 1 saturated heterocycles. The van der Waals surface area contributed by atoms with Gasteiger partial charge in [0.05, 0.1) is 12.6 Å². The molecule has 138 valence electrons. The summed E-state index contributed by atoms with van der Waals surface area (Å²) in [6.07, 6.45) is 0.904. The number of urea groups is 1. The van der Waals surface area contributed by atoms with Crippen LogP contribution in [-0.4, -0.2) is 64.3 Å². The number of hydrogen-bond acceptors (Lipinski definition) is 4. The second kappa shape index (κ2) is 7.07. The molecule has 0 bridgehead atoms. The molecule has 0 aliphatic carbocycles. The summed E-state index contributed by atoms with van der Waals surface area (Å²) in [4.78, 5) is 32.2. The average molecular weight is 377 g/mol. The molecule has 1 aromatic rings. The van der Waals surface area contributed by atoms with Gasteiger partial charge in [-0.3, -0.25) is 19.9 Å². The summed E-state index contributed by atoms with van der Waals surface area (Å²) >= 11 is 6.32. The molecule has 2 unspecified atom stereocenters. The van der Waals surface area contributed by atoms with E-state index in [4.69, 9.17) is 11.6 Å². The molecule has 2 heterocycles. The number of fused-ring (bicyclic) bond motifs is 1. The molecule has 1 fully saturated rings. The van der Waals surface area contributed by atoms with Crippen LogP contribution in [0, 0.1) is 0 Å². The number of amides is 3. The number of carbonyl (C=O) groups excluding carboxylic acids is 2. The van der Waals surface area contributed by atoms with E-state index in [1.807, 2.05) is 35.8 Å². The number of imide groups is 1. The number of guanidine groups is 1. The maximum atomic E-state index is 12.8. The van der Waals surface area contributed by atoms with Crippen LogP contribution in [0.1, 0.15) is 25.8 Å². The van der Waals surface area contributed by atoms with Gasteiger partial charge in [-0.05, 0) is 19.4 Å². The van der Waals surface area contributed by atoms with Crippen LogP contribution in [0.15, 0.2) is 29.3 Å². The summed E-state index contributed by atoms with van der Waals surface area (Å²) in [6.45, 7) is 4.53. The molecular formula is C18H23ClN5O2+. The predicted octanol–water partition coefficient (Wildman–Crippen LogP) is 1.90. The van der Waals surface area contributed by atoms with Crippen molar-refractivity contribution in [3.8, 4) is 0 Å². The summed E-state index contributed by atoms with van der Waals surface area (Å²) in [5, 5.41) is 3.98. The third kappa shape index (κ3) is 3.07. The van der Waals surface area contributed by atoms with E-state index in [9.17, 15) is 9.59 Å². The molecule has 1 aromatic carbocycles. The Balaban J connectivity index is 2.04. The van der Waals surface area contributed by atoms with Gasteiger partial charge in [0.2, 0.25) is 11.9 Å². The lowest BCUT2D eigenvalue weighted by Crippen LogP contribution is -2.61. The quantitative estimate of drug-likeness (QED) is 0.816. The summed E-state index contributed by atoms with van der Waals surface area (Å²) in [7, 11) is 3.13. The molecule has 0 saturated carbocycles. The third-order valence-corrected chi connectivity index (χ3v) is 5.19. The van der Waals surface area contributed by atoms with Crippen molar-refractivity contribution in [2.45, 2.75) is 38.9 Å². The number of benzene rings is 1. The second-order valence-corrected chi connectivity index (χ2v) is 7.02. The van der Waals surface area contributed by atoms with Crippen LogP contribution in [0.4, 0.5) is 4.79 Å². The van der Waals surface area contributed by atoms with E-state index < -0.39 is 6.04 Å². The predicted molar refractivity (Wildman–Crippen MR) is 100 cm³/mol. The van der Waals surface area contributed by atoms with Gasteiger partial charge in [-0.15, -0.1) is 0 Å². The Morgan fingerprint density at radius 1 is 1.27 bits per heavy atom. The van der Waals surface area contributed by atoms with Crippen molar-refractivity contribution in [3.05, 3.63) is 34.9 Å². The number of amidine groups is 1. The number of nitrogens with one attached hydrogen (secondary N) is 1. The van der Waals surface area contributed by atoms with E-state index in [1.165, 1.54) is 11.9 Å². The maximum absolute atomic E-state index is 12.8. The van der Waals surface area contributed by atoms with E-state index in [0.717, 1.165) is 16.9 Å². The first-order valence-electron chi connectivity index (χ1n) is 8.62. The van der Waals surface area contributed by atoms with Crippen molar-refractivity contribution in [3.63, 3.8) is 0 Å². The highest BCUT2D eigenvalue weighted by Gasteiger charge is 2.51. The molecule has 2 aliphatic heterocycles.